The van der Waals surface area contributed by atoms with Gasteiger partial charge in [-0.25, -0.2) is 0 Å². The number of aliphatic carboxylic acids is 1. The molecule has 2 atom stereocenters. The Labute approximate surface area is 257 Å². The van der Waals surface area contributed by atoms with Crippen LogP contribution in [0.5, 0.6) is 0 Å². The number of tetrazole rings is 1. The van der Waals surface area contributed by atoms with E-state index in [9.17, 15) is 36.2 Å². The quantitative estimate of drug-likeness (QED) is 0.271. The van der Waals surface area contributed by atoms with E-state index in [1.165, 1.54) is 4.80 Å². The lowest BCUT2D eigenvalue weighted by Gasteiger charge is -2.35. The van der Waals surface area contributed by atoms with Crippen LogP contribution in [-0.4, -0.2) is 44.4 Å². The minimum atomic E-state index is -4.95. The normalized spacial score (nSPS) is 21.7. The van der Waals surface area contributed by atoms with Gasteiger partial charge in [0.15, 0.2) is 5.82 Å². The van der Waals surface area contributed by atoms with E-state index in [0.29, 0.717) is 31.7 Å². The van der Waals surface area contributed by atoms with Crippen LogP contribution in [0.25, 0.3) is 0 Å². The highest BCUT2D eigenvalue weighted by molar-refractivity contribution is 5.70. The minimum absolute atomic E-state index is 0.100. The monoisotopic (exact) mass is 637 g/mol. The molecule has 0 unspecified atom stereocenters. The van der Waals surface area contributed by atoms with E-state index in [-0.39, 0.29) is 35.7 Å². The van der Waals surface area contributed by atoms with Gasteiger partial charge in [-0.1, -0.05) is 17.7 Å². The lowest BCUT2D eigenvalue weighted by atomic mass is 9.77. The average Bonchev–Trinajstić information content (AvgIpc) is 3.30. The standard InChI is InChI=1S/C32H37F6N5O2/c1-18-11-19(2)28-26(12-18)25(5-4-10-43(28)17-20-6-8-22(9-7-20)30(44)45)27(29-39-41-42(3)40-29)15-21-13-23(31(33,34)35)16-24(14-21)32(36,37)38/h11-14,16,20,22,25,27H,4-10,15,17H2,1-3H3,(H,44,45)/t20?,22?,25-,27-/m0/s1. The van der Waals surface area contributed by atoms with Crippen molar-refractivity contribution in [2.45, 2.75) is 83.0 Å². The summed E-state index contributed by atoms with van der Waals surface area (Å²) in [6.07, 6.45) is -5.83. The summed E-state index contributed by atoms with van der Waals surface area (Å²) >= 11 is 0. The first-order chi connectivity index (χ1) is 21.1. The highest BCUT2D eigenvalue weighted by atomic mass is 19.4. The van der Waals surface area contributed by atoms with Crippen molar-refractivity contribution < 1.29 is 36.2 Å². The molecule has 1 saturated carbocycles. The third-order valence-electron chi connectivity index (χ3n) is 9.25. The van der Waals surface area contributed by atoms with Crippen molar-refractivity contribution in [3.05, 3.63) is 69.5 Å². The number of carboxylic acids is 1. The summed E-state index contributed by atoms with van der Waals surface area (Å²) in [4.78, 5) is 15.1. The van der Waals surface area contributed by atoms with Gasteiger partial charge < -0.3 is 10.0 Å². The number of alkyl halides is 6. The number of aryl methyl sites for hydroxylation is 3. The van der Waals surface area contributed by atoms with Crippen LogP contribution in [0.15, 0.2) is 30.3 Å². The zero-order valence-electron chi connectivity index (χ0n) is 25.4. The molecule has 7 nitrogen and oxygen atoms in total. The molecule has 244 valence electrons. The predicted octanol–water partition coefficient (Wildman–Crippen LogP) is 7.47. The molecule has 0 bridgehead atoms. The van der Waals surface area contributed by atoms with Crippen molar-refractivity contribution in [1.82, 2.24) is 20.2 Å². The summed E-state index contributed by atoms with van der Waals surface area (Å²) < 4.78 is 82.5. The molecule has 3 aromatic rings. The van der Waals surface area contributed by atoms with E-state index in [0.717, 1.165) is 60.3 Å². The van der Waals surface area contributed by atoms with E-state index in [2.05, 4.69) is 32.4 Å². The molecule has 2 heterocycles. The van der Waals surface area contributed by atoms with Crippen LogP contribution in [0, 0.1) is 25.7 Å². The van der Waals surface area contributed by atoms with Crippen LogP contribution in [0.2, 0.25) is 0 Å². The number of hydrogen-bond donors (Lipinski definition) is 1. The van der Waals surface area contributed by atoms with Crippen molar-refractivity contribution in [2.75, 3.05) is 18.0 Å². The maximum atomic E-state index is 13.8. The number of nitrogens with zero attached hydrogens (tertiary/aromatic N) is 5. The van der Waals surface area contributed by atoms with Gasteiger partial charge in [0.25, 0.3) is 0 Å². The van der Waals surface area contributed by atoms with E-state index in [1.54, 1.807) is 7.05 Å². The van der Waals surface area contributed by atoms with Crippen molar-refractivity contribution in [3.8, 4) is 0 Å². The zero-order valence-corrected chi connectivity index (χ0v) is 25.4. The number of anilines is 1. The highest BCUT2D eigenvalue weighted by Crippen LogP contribution is 2.47. The molecule has 0 radical (unpaired) electrons. The maximum Gasteiger partial charge on any atom is 0.416 e. The second kappa shape index (κ2) is 12.6. The second-order valence-electron chi connectivity index (χ2n) is 12.6. The zero-order chi connectivity index (χ0) is 32.7. The third-order valence-corrected chi connectivity index (χ3v) is 9.25. The van der Waals surface area contributed by atoms with E-state index < -0.39 is 35.4 Å². The van der Waals surface area contributed by atoms with Gasteiger partial charge in [0.1, 0.15) is 0 Å². The van der Waals surface area contributed by atoms with Crippen LogP contribution in [0.3, 0.4) is 0 Å². The van der Waals surface area contributed by atoms with Crippen LogP contribution in [0.1, 0.15) is 89.6 Å². The van der Waals surface area contributed by atoms with Gasteiger partial charge in [-0.05, 0) is 111 Å². The Bertz CT molecular complexity index is 1490. The Morgan fingerprint density at radius 3 is 2.16 bits per heavy atom. The van der Waals surface area contributed by atoms with Gasteiger partial charge in [-0.15, -0.1) is 10.2 Å². The van der Waals surface area contributed by atoms with E-state index in [1.807, 2.05) is 13.8 Å². The average molecular weight is 638 g/mol. The molecular formula is C32H37F6N5O2. The molecule has 2 aliphatic rings. The van der Waals surface area contributed by atoms with Gasteiger partial charge in [0.2, 0.25) is 0 Å². The Morgan fingerprint density at radius 2 is 1.60 bits per heavy atom. The largest absolute Gasteiger partial charge is 0.481 e. The van der Waals surface area contributed by atoms with E-state index in [4.69, 9.17) is 0 Å². The Morgan fingerprint density at radius 1 is 0.956 bits per heavy atom. The van der Waals surface area contributed by atoms with Gasteiger partial charge in [0.05, 0.1) is 24.1 Å². The lowest BCUT2D eigenvalue weighted by molar-refractivity contribution is -0.144. The summed E-state index contributed by atoms with van der Waals surface area (Å²) in [6, 6.07) is 5.86. The summed E-state index contributed by atoms with van der Waals surface area (Å²) in [5.41, 5.74) is 1.19. The Kier molecular flexibility index (Phi) is 9.19. The van der Waals surface area contributed by atoms with Gasteiger partial charge in [-0.2, -0.15) is 31.1 Å². The molecule has 0 spiro atoms. The van der Waals surface area contributed by atoms with Crippen molar-refractivity contribution in [2.24, 2.45) is 18.9 Å². The first-order valence-electron chi connectivity index (χ1n) is 15.2. The van der Waals surface area contributed by atoms with Gasteiger partial charge >= 0.3 is 18.3 Å². The molecule has 1 N–H and O–H groups in total. The van der Waals surface area contributed by atoms with Crippen molar-refractivity contribution >= 4 is 11.7 Å². The fourth-order valence-electron chi connectivity index (χ4n) is 7.23. The second-order valence-corrected chi connectivity index (χ2v) is 12.6. The Hall–Kier alpha value is -3.64. The molecular weight excluding hydrogens is 600 g/mol. The number of aromatic nitrogens is 4. The van der Waals surface area contributed by atoms with Crippen LogP contribution in [0.4, 0.5) is 32.0 Å². The SMILES string of the molecule is Cc1cc(C)c2c(c1)[C@@H]([C@H](Cc1cc(C(F)(F)F)cc(C(F)(F)F)c1)c1nnn(C)n1)CCCN2CC1CCC(C(=O)O)CC1. The summed E-state index contributed by atoms with van der Waals surface area (Å²) in [5.74, 6) is -1.45. The van der Waals surface area contributed by atoms with Crippen LogP contribution in [-0.2, 0) is 30.6 Å². The number of halogens is 6. The molecule has 13 heteroatoms. The molecule has 0 saturated heterocycles. The number of carbonyl (C=O) groups is 1. The van der Waals surface area contributed by atoms with Crippen molar-refractivity contribution in [3.63, 3.8) is 0 Å². The molecule has 1 aromatic heterocycles. The van der Waals surface area contributed by atoms with Gasteiger partial charge in [-0.3, -0.25) is 4.79 Å². The molecule has 1 aliphatic heterocycles. The Balaban J connectivity index is 1.55. The summed E-state index contributed by atoms with van der Waals surface area (Å²) in [7, 11) is 1.57. The number of hydrogen-bond acceptors (Lipinski definition) is 5. The molecule has 0 amide bonds. The maximum absolute atomic E-state index is 13.8. The fraction of sp³-hybridized carbons (Fsp3) is 0.562. The molecule has 1 aliphatic carbocycles. The van der Waals surface area contributed by atoms with Gasteiger partial charge in [0, 0.05) is 24.7 Å². The molecule has 45 heavy (non-hydrogen) atoms. The topological polar surface area (TPSA) is 84.1 Å². The molecule has 5 rings (SSSR count). The lowest BCUT2D eigenvalue weighted by Crippen LogP contribution is -2.34. The molecule has 1 fully saturated rings. The summed E-state index contributed by atoms with van der Waals surface area (Å²) in [6.45, 7) is 5.44. The fourth-order valence-corrected chi connectivity index (χ4v) is 7.23. The smallest absolute Gasteiger partial charge is 0.416 e. The van der Waals surface area contributed by atoms with Crippen LogP contribution >= 0.6 is 0 Å². The molecule has 2 aromatic carbocycles. The minimum Gasteiger partial charge on any atom is -0.481 e. The summed E-state index contributed by atoms with van der Waals surface area (Å²) in [5, 5.41) is 22.0. The number of fused-ring (bicyclic) bond motifs is 1. The highest BCUT2D eigenvalue weighted by Gasteiger charge is 2.39. The third kappa shape index (κ3) is 7.44. The first kappa shape index (κ1) is 32.7. The number of carboxylic acid groups (broad SMARTS) is 1. The number of benzene rings is 2. The van der Waals surface area contributed by atoms with Crippen LogP contribution < -0.4 is 4.90 Å². The van der Waals surface area contributed by atoms with E-state index >= 15 is 0 Å². The predicted molar refractivity (Wildman–Crippen MR) is 155 cm³/mol. The first-order valence-corrected chi connectivity index (χ1v) is 15.2. The van der Waals surface area contributed by atoms with Crippen molar-refractivity contribution in [1.29, 1.82) is 0 Å². The number of rotatable bonds is 7.